The van der Waals surface area contributed by atoms with E-state index < -0.39 is 4.92 Å². The SMILES string of the molecule is Cc1cc(NC(=O)Cn2ccc([N+](=O)[O-])n2)nn1Cc1cccc(Cl)c1. The Bertz CT molecular complexity index is 965. The van der Waals surface area contributed by atoms with E-state index in [0.717, 1.165) is 11.3 Å². The van der Waals surface area contributed by atoms with E-state index in [1.165, 1.54) is 16.9 Å². The van der Waals surface area contributed by atoms with Crippen molar-refractivity contribution in [2.45, 2.75) is 20.0 Å². The zero-order valence-electron chi connectivity index (χ0n) is 13.8. The van der Waals surface area contributed by atoms with Gasteiger partial charge in [0.15, 0.2) is 5.82 Å². The molecule has 0 radical (unpaired) electrons. The van der Waals surface area contributed by atoms with Gasteiger partial charge in [0.25, 0.3) is 0 Å². The number of nitrogens with zero attached hydrogens (tertiary/aromatic N) is 5. The van der Waals surface area contributed by atoms with Crippen LogP contribution in [0.2, 0.25) is 5.02 Å². The summed E-state index contributed by atoms with van der Waals surface area (Å²) in [4.78, 5) is 22.1. The van der Waals surface area contributed by atoms with Crippen molar-refractivity contribution in [2.24, 2.45) is 0 Å². The van der Waals surface area contributed by atoms with E-state index in [1.54, 1.807) is 16.8 Å². The molecule has 0 aliphatic rings. The van der Waals surface area contributed by atoms with Crippen LogP contribution in [-0.4, -0.2) is 30.4 Å². The van der Waals surface area contributed by atoms with Crippen LogP contribution in [0.4, 0.5) is 11.6 Å². The molecule has 9 nitrogen and oxygen atoms in total. The summed E-state index contributed by atoms with van der Waals surface area (Å²) in [7, 11) is 0. The number of aryl methyl sites for hydroxylation is 1. The molecule has 0 unspecified atom stereocenters. The number of hydrogen-bond acceptors (Lipinski definition) is 5. The van der Waals surface area contributed by atoms with Gasteiger partial charge in [-0.1, -0.05) is 23.7 Å². The molecule has 0 aliphatic carbocycles. The smallest absolute Gasteiger partial charge is 0.358 e. The minimum Gasteiger partial charge on any atom is -0.358 e. The highest BCUT2D eigenvalue weighted by Crippen LogP contribution is 2.15. The van der Waals surface area contributed by atoms with Gasteiger partial charge in [0, 0.05) is 16.8 Å². The predicted molar refractivity (Wildman–Crippen MR) is 95.0 cm³/mol. The van der Waals surface area contributed by atoms with E-state index in [1.807, 2.05) is 25.1 Å². The minimum atomic E-state index is -0.616. The highest BCUT2D eigenvalue weighted by molar-refractivity contribution is 6.30. The predicted octanol–water partition coefficient (Wildman–Crippen LogP) is 2.64. The Kier molecular flexibility index (Phi) is 4.99. The summed E-state index contributed by atoms with van der Waals surface area (Å²) in [6.45, 7) is 2.26. The molecule has 0 spiro atoms. The first-order valence-electron chi connectivity index (χ1n) is 7.67. The highest BCUT2D eigenvalue weighted by Gasteiger charge is 2.14. The molecule has 3 aromatic rings. The fourth-order valence-corrected chi connectivity index (χ4v) is 2.62. The van der Waals surface area contributed by atoms with Crippen molar-refractivity contribution < 1.29 is 9.72 Å². The lowest BCUT2D eigenvalue weighted by atomic mass is 10.2. The fraction of sp³-hybridized carbons (Fsp3) is 0.188. The average molecular weight is 375 g/mol. The van der Waals surface area contributed by atoms with E-state index in [0.29, 0.717) is 17.4 Å². The van der Waals surface area contributed by atoms with Crippen molar-refractivity contribution in [2.75, 3.05) is 5.32 Å². The van der Waals surface area contributed by atoms with Crippen molar-refractivity contribution in [3.8, 4) is 0 Å². The molecule has 1 amide bonds. The van der Waals surface area contributed by atoms with Gasteiger partial charge in [-0.3, -0.25) is 9.48 Å². The number of aromatic nitrogens is 4. The van der Waals surface area contributed by atoms with Crippen LogP contribution < -0.4 is 5.32 Å². The lowest BCUT2D eigenvalue weighted by Gasteiger charge is -2.05. The molecule has 134 valence electrons. The first-order chi connectivity index (χ1) is 12.4. The van der Waals surface area contributed by atoms with E-state index in [2.05, 4.69) is 15.5 Å². The molecule has 0 bridgehead atoms. The summed E-state index contributed by atoms with van der Waals surface area (Å²) >= 11 is 5.99. The maximum Gasteiger partial charge on any atom is 0.389 e. The molecular weight excluding hydrogens is 360 g/mol. The Labute approximate surface area is 153 Å². The van der Waals surface area contributed by atoms with Crippen molar-refractivity contribution in [1.29, 1.82) is 0 Å². The minimum absolute atomic E-state index is 0.145. The standard InChI is InChI=1S/C16H15ClN6O3/c1-11-7-14(19-22(11)9-12-3-2-4-13(17)8-12)18-16(24)10-21-6-5-15(20-21)23(25)26/h2-8H,9-10H2,1H3,(H,18,19,24). The van der Waals surface area contributed by atoms with Crippen LogP contribution in [0.5, 0.6) is 0 Å². The van der Waals surface area contributed by atoms with Gasteiger partial charge in [0.05, 0.1) is 23.9 Å². The molecule has 10 heteroatoms. The molecule has 0 saturated heterocycles. The zero-order chi connectivity index (χ0) is 18.7. The number of amides is 1. The van der Waals surface area contributed by atoms with Crippen LogP contribution in [0, 0.1) is 17.0 Å². The summed E-state index contributed by atoms with van der Waals surface area (Å²) in [5.74, 6) is -0.286. The van der Waals surface area contributed by atoms with Crippen molar-refractivity contribution in [3.63, 3.8) is 0 Å². The van der Waals surface area contributed by atoms with Crippen molar-refractivity contribution in [1.82, 2.24) is 19.6 Å². The second-order valence-electron chi connectivity index (χ2n) is 5.64. The molecule has 0 aliphatic heterocycles. The lowest BCUT2D eigenvalue weighted by molar-refractivity contribution is -0.389. The molecule has 2 aromatic heterocycles. The van der Waals surface area contributed by atoms with E-state index in [9.17, 15) is 14.9 Å². The Balaban J connectivity index is 1.64. The van der Waals surface area contributed by atoms with Gasteiger partial charge in [0.2, 0.25) is 5.91 Å². The number of rotatable bonds is 6. The van der Waals surface area contributed by atoms with Crippen LogP contribution in [-0.2, 0) is 17.9 Å². The first-order valence-corrected chi connectivity index (χ1v) is 8.05. The van der Waals surface area contributed by atoms with Gasteiger partial charge in [-0.2, -0.15) is 9.78 Å². The maximum atomic E-state index is 12.1. The molecule has 1 aromatic carbocycles. The van der Waals surface area contributed by atoms with Crippen LogP contribution in [0.1, 0.15) is 11.3 Å². The molecule has 0 fully saturated rings. The topological polar surface area (TPSA) is 108 Å². The largest absolute Gasteiger partial charge is 0.389 e. The Morgan fingerprint density at radius 1 is 1.31 bits per heavy atom. The lowest BCUT2D eigenvalue weighted by Crippen LogP contribution is -2.19. The summed E-state index contributed by atoms with van der Waals surface area (Å²) in [5, 5.41) is 22.0. The second-order valence-corrected chi connectivity index (χ2v) is 6.07. The van der Waals surface area contributed by atoms with Crippen LogP contribution in [0.25, 0.3) is 0 Å². The molecule has 26 heavy (non-hydrogen) atoms. The number of anilines is 1. The fourth-order valence-electron chi connectivity index (χ4n) is 2.41. The van der Waals surface area contributed by atoms with Gasteiger partial charge < -0.3 is 15.4 Å². The first kappa shape index (κ1) is 17.6. The molecule has 0 atom stereocenters. The van der Waals surface area contributed by atoms with Gasteiger partial charge in [-0.15, -0.1) is 0 Å². The number of nitrogens with one attached hydrogen (secondary N) is 1. The summed E-state index contributed by atoms with van der Waals surface area (Å²) < 4.78 is 2.95. The van der Waals surface area contributed by atoms with Gasteiger partial charge in [-0.25, -0.2) is 0 Å². The van der Waals surface area contributed by atoms with E-state index in [-0.39, 0.29) is 18.3 Å². The van der Waals surface area contributed by atoms with Crippen molar-refractivity contribution >= 4 is 29.1 Å². The summed E-state index contributed by atoms with van der Waals surface area (Å²) in [6, 6.07) is 10.4. The molecule has 1 N–H and O–H groups in total. The van der Waals surface area contributed by atoms with Gasteiger partial charge in [0.1, 0.15) is 6.54 Å². The van der Waals surface area contributed by atoms with Crippen molar-refractivity contribution in [3.05, 3.63) is 69.0 Å². The monoisotopic (exact) mass is 374 g/mol. The number of nitro groups is 1. The summed E-state index contributed by atoms with van der Waals surface area (Å²) in [6.07, 6.45) is 1.38. The number of hydrogen-bond donors (Lipinski definition) is 1. The van der Waals surface area contributed by atoms with Crippen LogP contribution >= 0.6 is 11.6 Å². The number of carbonyl (C=O) groups excluding carboxylic acids is 1. The number of benzene rings is 1. The second kappa shape index (κ2) is 7.36. The quantitative estimate of drug-likeness (QED) is 0.527. The number of carbonyl (C=O) groups is 1. The Morgan fingerprint density at radius 2 is 2.12 bits per heavy atom. The third-order valence-electron chi connectivity index (χ3n) is 3.59. The molecule has 2 heterocycles. The van der Waals surface area contributed by atoms with Gasteiger partial charge >= 0.3 is 5.82 Å². The Morgan fingerprint density at radius 3 is 2.81 bits per heavy atom. The van der Waals surface area contributed by atoms with E-state index in [4.69, 9.17) is 11.6 Å². The zero-order valence-corrected chi connectivity index (χ0v) is 14.6. The highest BCUT2D eigenvalue weighted by atomic mass is 35.5. The number of halogens is 1. The van der Waals surface area contributed by atoms with Gasteiger partial charge in [-0.05, 0) is 29.5 Å². The maximum absolute atomic E-state index is 12.1. The van der Waals surface area contributed by atoms with E-state index >= 15 is 0 Å². The third kappa shape index (κ3) is 4.25. The average Bonchev–Trinajstić information content (AvgIpc) is 3.15. The third-order valence-corrected chi connectivity index (χ3v) is 3.82. The van der Waals surface area contributed by atoms with Crippen LogP contribution in [0.15, 0.2) is 42.6 Å². The molecule has 3 rings (SSSR count). The Hall–Kier alpha value is -3.20. The molecular formula is C16H15ClN6O3. The summed E-state index contributed by atoms with van der Waals surface area (Å²) in [5.41, 5.74) is 1.86. The molecule has 0 saturated carbocycles. The van der Waals surface area contributed by atoms with Crippen LogP contribution in [0.3, 0.4) is 0 Å². The normalized spacial score (nSPS) is 10.7.